The Labute approximate surface area is 129 Å². The maximum atomic E-state index is 11.9. The summed E-state index contributed by atoms with van der Waals surface area (Å²) in [4.78, 5) is 11.9. The molecule has 2 rings (SSSR count). The van der Waals surface area contributed by atoms with Crippen LogP contribution in [0.4, 0.5) is 5.69 Å². The molecule has 1 aromatic heterocycles. The fourth-order valence-corrected chi connectivity index (χ4v) is 2.87. The van der Waals surface area contributed by atoms with Crippen molar-refractivity contribution in [1.29, 1.82) is 0 Å². The largest absolute Gasteiger partial charge is 0.383 e. The number of amides is 1. The Morgan fingerprint density at radius 1 is 1.70 bits per heavy atom. The first-order valence-corrected chi connectivity index (χ1v) is 7.56. The second-order valence-corrected chi connectivity index (χ2v) is 5.61. The lowest BCUT2D eigenvalue weighted by Gasteiger charge is -2.22. The lowest BCUT2D eigenvalue weighted by molar-refractivity contribution is -0.116. The normalized spacial score (nSPS) is 18.4. The number of hydrogen-bond donors (Lipinski definition) is 2. The number of hydrogen-bond acceptors (Lipinski definition) is 5. The summed E-state index contributed by atoms with van der Waals surface area (Å²) in [5.41, 5.74) is 0.740. The summed E-state index contributed by atoms with van der Waals surface area (Å²) in [7, 11) is 1.65. The van der Waals surface area contributed by atoms with E-state index in [1.54, 1.807) is 18.0 Å². The molecule has 114 valence electrons. The first-order valence-electron chi connectivity index (χ1n) is 6.40. The Morgan fingerprint density at radius 2 is 2.55 bits per heavy atom. The minimum absolute atomic E-state index is 0. The molecule has 1 amide bonds. The van der Waals surface area contributed by atoms with E-state index in [9.17, 15) is 4.79 Å². The van der Waals surface area contributed by atoms with Gasteiger partial charge in [0.2, 0.25) is 5.91 Å². The van der Waals surface area contributed by atoms with Crippen LogP contribution in [0.2, 0.25) is 0 Å². The molecular formula is C12H21ClN4O2S. The number of nitrogens with one attached hydrogen (secondary N) is 2. The Kier molecular flexibility index (Phi) is 7.98. The number of anilines is 1. The van der Waals surface area contributed by atoms with Gasteiger partial charge in [-0.05, 0) is 0 Å². The highest BCUT2D eigenvalue weighted by Gasteiger charge is 2.16. The number of aromatic nitrogens is 2. The van der Waals surface area contributed by atoms with E-state index in [0.717, 1.165) is 23.7 Å². The van der Waals surface area contributed by atoms with Crippen molar-refractivity contribution < 1.29 is 9.53 Å². The lowest BCUT2D eigenvalue weighted by Crippen LogP contribution is -2.39. The fraction of sp³-hybridized carbons (Fsp3) is 0.667. The van der Waals surface area contributed by atoms with Gasteiger partial charge in [0, 0.05) is 43.8 Å². The molecule has 1 aromatic rings. The van der Waals surface area contributed by atoms with E-state index >= 15 is 0 Å². The highest BCUT2D eigenvalue weighted by Crippen LogP contribution is 2.12. The molecule has 0 aromatic carbocycles. The van der Waals surface area contributed by atoms with Crippen LogP contribution in [0.1, 0.15) is 6.42 Å². The first kappa shape index (κ1) is 17.3. The van der Waals surface area contributed by atoms with Crippen molar-refractivity contribution in [2.75, 3.05) is 37.1 Å². The summed E-state index contributed by atoms with van der Waals surface area (Å²) in [6.45, 7) is 2.28. The van der Waals surface area contributed by atoms with E-state index in [0.29, 0.717) is 19.6 Å². The van der Waals surface area contributed by atoms with E-state index in [1.807, 2.05) is 18.0 Å². The monoisotopic (exact) mass is 320 g/mol. The van der Waals surface area contributed by atoms with E-state index in [-0.39, 0.29) is 24.4 Å². The Balaban J connectivity index is 0.00000200. The molecule has 20 heavy (non-hydrogen) atoms. The molecule has 8 heteroatoms. The smallest absolute Gasteiger partial charge is 0.226 e. The van der Waals surface area contributed by atoms with E-state index in [1.165, 1.54) is 0 Å². The predicted molar refractivity (Wildman–Crippen MR) is 83.7 cm³/mol. The molecule has 1 aliphatic heterocycles. The minimum atomic E-state index is 0. The van der Waals surface area contributed by atoms with Crippen molar-refractivity contribution in [3.63, 3.8) is 0 Å². The van der Waals surface area contributed by atoms with Gasteiger partial charge in [-0.1, -0.05) is 0 Å². The number of thioether (sulfide) groups is 1. The van der Waals surface area contributed by atoms with E-state index < -0.39 is 0 Å². The zero-order valence-corrected chi connectivity index (χ0v) is 13.1. The molecule has 0 spiro atoms. The van der Waals surface area contributed by atoms with Crippen LogP contribution in [-0.4, -0.2) is 53.5 Å². The van der Waals surface area contributed by atoms with Gasteiger partial charge in [0.1, 0.15) is 0 Å². The summed E-state index contributed by atoms with van der Waals surface area (Å²) in [5, 5.41) is 10.4. The number of halogens is 1. The summed E-state index contributed by atoms with van der Waals surface area (Å²) in [6, 6.07) is 0.280. The quantitative estimate of drug-likeness (QED) is 0.818. The molecule has 0 bridgehead atoms. The molecule has 0 radical (unpaired) electrons. The third kappa shape index (κ3) is 5.70. The molecule has 2 heterocycles. The number of rotatable bonds is 6. The third-order valence-corrected chi connectivity index (χ3v) is 4.00. The molecule has 1 fully saturated rings. The molecule has 1 saturated heterocycles. The van der Waals surface area contributed by atoms with Crippen molar-refractivity contribution in [1.82, 2.24) is 15.1 Å². The molecular weight excluding hydrogens is 300 g/mol. The van der Waals surface area contributed by atoms with Crippen molar-refractivity contribution in [2.24, 2.45) is 0 Å². The number of carbonyl (C=O) groups excluding carboxylic acids is 1. The fourth-order valence-electron chi connectivity index (χ4n) is 1.92. The maximum Gasteiger partial charge on any atom is 0.226 e. The lowest BCUT2D eigenvalue weighted by atomic mass is 10.2. The van der Waals surface area contributed by atoms with Crippen molar-refractivity contribution in [3.05, 3.63) is 12.4 Å². The van der Waals surface area contributed by atoms with Gasteiger partial charge in [-0.3, -0.25) is 9.48 Å². The summed E-state index contributed by atoms with van der Waals surface area (Å²) in [5.74, 6) is 2.16. The summed E-state index contributed by atoms with van der Waals surface area (Å²) < 4.78 is 6.74. The van der Waals surface area contributed by atoms with Gasteiger partial charge in [-0.25, -0.2) is 0 Å². The first-order chi connectivity index (χ1) is 9.28. The van der Waals surface area contributed by atoms with Crippen LogP contribution >= 0.6 is 24.2 Å². The molecule has 1 unspecified atom stereocenters. The van der Waals surface area contributed by atoms with Gasteiger partial charge in [-0.15, -0.1) is 12.4 Å². The summed E-state index contributed by atoms with van der Waals surface area (Å²) >= 11 is 1.89. The zero-order valence-electron chi connectivity index (χ0n) is 11.5. The molecule has 0 saturated carbocycles. The van der Waals surface area contributed by atoms with Crippen molar-refractivity contribution in [3.8, 4) is 0 Å². The maximum absolute atomic E-state index is 11.9. The number of nitrogens with zero attached hydrogens (tertiary/aromatic N) is 2. The van der Waals surface area contributed by atoms with Crippen LogP contribution in [0.5, 0.6) is 0 Å². The highest BCUT2D eigenvalue weighted by molar-refractivity contribution is 7.99. The minimum Gasteiger partial charge on any atom is -0.383 e. The van der Waals surface area contributed by atoms with Crippen LogP contribution in [0, 0.1) is 0 Å². The van der Waals surface area contributed by atoms with Crippen LogP contribution in [0.15, 0.2) is 12.4 Å². The van der Waals surface area contributed by atoms with Crippen molar-refractivity contribution in [2.45, 2.75) is 19.0 Å². The van der Waals surface area contributed by atoms with Gasteiger partial charge < -0.3 is 15.4 Å². The molecule has 6 nitrogen and oxygen atoms in total. The Hall–Kier alpha value is -0.760. The van der Waals surface area contributed by atoms with Gasteiger partial charge >= 0.3 is 0 Å². The highest BCUT2D eigenvalue weighted by atomic mass is 35.5. The van der Waals surface area contributed by atoms with Gasteiger partial charge in [-0.2, -0.15) is 16.9 Å². The van der Waals surface area contributed by atoms with Crippen LogP contribution in [0.3, 0.4) is 0 Å². The number of ether oxygens (including phenoxy) is 1. The summed E-state index contributed by atoms with van der Waals surface area (Å²) in [6.07, 6.45) is 3.99. The molecule has 1 aliphatic rings. The van der Waals surface area contributed by atoms with Crippen LogP contribution in [0.25, 0.3) is 0 Å². The average Bonchev–Trinajstić information content (AvgIpc) is 2.85. The van der Waals surface area contributed by atoms with Gasteiger partial charge in [0.05, 0.1) is 25.0 Å². The van der Waals surface area contributed by atoms with Crippen LogP contribution in [-0.2, 0) is 16.1 Å². The van der Waals surface area contributed by atoms with E-state index in [2.05, 4.69) is 15.7 Å². The number of methoxy groups -OCH3 is 1. The Bertz CT molecular complexity index is 410. The standard InChI is InChI=1S/C12H20N4O2S.ClH/c1-18-4-3-16-8-11(7-14-16)15-12(17)6-10-9-19-5-2-13-10;/h7-8,10,13H,2-6,9H2,1H3,(H,15,17);1H. The van der Waals surface area contributed by atoms with Crippen molar-refractivity contribution >= 4 is 35.8 Å². The van der Waals surface area contributed by atoms with Crippen LogP contribution < -0.4 is 10.6 Å². The van der Waals surface area contributed by atoms with Gasteiger partial charge in [0.25, 0.3) is 0 Å². The molecule has 0 aliphatic carbocycles. The SMILES string of the molecule is COCCn1cc(NC(=O)CC2CSCCN2)cn1.Cl. The predicted octanol–water partition coefficient (Wildman–Crippen LogP) is 0.985. The number of carbonyl (C=O) groups is 1. The second-order valence-electron chi connectivity index (χ2n) is 4.46. The van der Waals surface area contributed by atoms with E-state index in [4.69, 9.17) is 4.74 Å². The third-order valence-electron chi connectivity index (χ3n) is 2.87. The zero-order chi connectivity index (χ0) is 13.5. The average molecular weight is 321 g/mol. The Morgan fingerprint density at radius 3 is 3.25 bits per heavy atom. The molecule has 2 N–H and O–H groups in total. The topological polar surface area (TPSA) is 68.2 Å². The van der Waals surface area contributed by atoms with Gasteiger partial charge in [0.15, 0.2) is 0 Å². The molecule has 1 atom stereocenters. The second kappa shape index (κ2) is 9.23.